The molecule has 1 fully saturated rings. The summed E-state index contributed by atoms with van der Waals surface area (Å²) in [7, 11) is 0. The lowest BCUT2D eigenvalue weighted by Gasteiger charge is -2.32. The molecule has 3 rings (SSSR count). The molecule has 136 valence electrons. The smallest absolute Gasteiger partial charge is 0.321 e. The maximum atomic E-state index is 12.4. The predicted molar refractivity (Wildman–Crippen MR) is 103 cm³/mol. The summed E-state index contributed by atoms with van der Waals surface area (Å²) in [5.41, 5.74) is 1.98. The van der Waals surface area contributed by atoms with E-state index in [9.17, 15) is 9.59 Å². The van der Waals surface area contributed by atoms with Crippen molar-refractivity contribution < 1.29 is 9.59 Å². The highest BCUT2D eigenvalue weighted by Gasteiger charge is 2.28. The molecule has 0 aliphatic carbocycles. The molecule has 1 aliphatic heterocycles. The van der Waals surface area contributed by atoms with Gasteiger partial charge >= 0.3 is 6.03 Å². The summed E-state index contributed by atoms with van der Waals surface area (Å²) >= 11 is 0. The third kappa shape index (κ3) is 5.09. The first-order chi connectivity index (χ1) is 12.7. The number of piperidine rings is 1. The van der Waals surface area contributed by atoms with Crippen molar-refractivity contribution in [2.24, 2.45) is 5.92 Å². The molecule has 1 saturated heterocycles. The van der Waals surface area contributed by atoms with Gasteiger partial charge in [-0.05, 0) is 37.0 Å². The van der Waals surface area contributed by atoms with Gasteiger partial charge in [-0.2, -0.15) is 0 Å². The Bertz CT molecular complexity index is 719. The molecule has 1 unspecified atom stereocenters. The van der Waals surface area contributed by atoms with Crippen molar-refractivity contribution >= 4 is 17.6 Å². The van der Waals surface area contributed by atoms with Crippen molar-refractivity contribution in [1.29, 1.82) is 0 Å². The van der Waals surface area contributed by atoms with E-state index in [1.54, 1.807) is 4.90 Å². The number of urea groups is 1. The second-order valence-electron chi connectivity index (χ2n) is 6.61. The van der Waals surface area contributed by atoms with E-state index in [-0.39, 0.29) is 17.9 Å². The van der Waals surface area contributed by atoms with Crippen molar-refractivity contribution in [3.8, 4) is 0 Å². The molecule has 0 spiro atoms. The molecule has 0 bridgehead atoms. The molecule has 0 saturated carbocycles. The Morgan fingerprint density at radius 1 is 1.00 bits per heavy atom. The minimum Gasteiger partial charge on any atom is -0.355 e. The Labute approximate surface area is 154 Å². The highest BCUT2D eigenvalue weighted by Crippen LogP contribution is 2.18. The maximum absolute atomic E-state index is 12.4. The molecular formula is C21H25N3O2. The normalized spacial score (nSPS) is 16.8. The van der Waals surface area contributed by atoms with Gasteiger partial charge in [0.25, 0.3) is 0 Å². The Morgan fingerprint density at radius 3 is 2.42 bits per heavy atom. The average molecular weight is 351 g/mol. The van der Waals surface area contributed by atoms with Crippen LogP contribution in [0.2, 0.25) is 0 Å². The summed E-state index contributed by atoms with van der Waals surface area (Å²) in [5, 5.41) is 5.90. The minimum absolute atomic E-state index is 0.0399. The summed E-state index contributed by atoms with van der Waals surface area (Å²) < 4.78 is 0. The lowest BCUT2D eigenvalue weighted by atomic mass is 9.97. The zero-order valence-electron chi connectivity index (χ0n) is 14.9. The van der Waals surface area contributed by atoms with Gasteiger partial charge in [0.05, 0.1) is 5.92 Å². The number of likely N-dealkylation sites (tertiary alicyclic amines) is 1. The van der Waals surface area contributed by atoms with Gasteiger partial charge in [0, 0.05) is 25.3 Å². The number of nitrogens with one attached hydrogen (secondary N) is 2. The van der Waals surface area contributed by atoms with Crippen molar-refractivity contribution in [2.45, 2.75) is 19.3 Å². The van der Waals surface area contributed by atoms with E-state index in [4.69, 9.17) is 0 Å². The Balaban J connectivity index is 1.46. The van der Waals surface area contributed by atoms with Crippen molar-refractivity contribution in [1.82, 2.24) is 10.2 Å². The second kappa shape index (κ2) is 9.04. The molecule has 5 nitrogen and oxygen atoms in total. The van der Waals surface area contributed by atoms with Crippen molar-refractivity contribution in [2.75, 3.05) is 25.0 Å². The van der Waals surface area contributed by atoms with Crippen LogP contribution in [0.25, 0.3) is 0 Å². The van der Waals surface area contributed by atoms with Crippen LogP contribution in [0.15, 0.2) is 60.7 Å². The molecular weight excluding hydrogens is 326 g/mol. The SMILES string of the molecule is O=C(NCCc1ccccc1)C1CCCN(C(=O)Nc2ccccc2)C1. The molecule has 1 atom stereocenters. The van der Waals surface area contributed by atoms with E-state index < -0.39 is 0 Å². The van der Waals surface area contributed by atoms with Gasteiger partial charge in [-0.25, -0.2) is 4.79 Å². The fraction of sp³-hybridized carbons (Fsp3) is 0.333. The number of carbonyl (C=O) groups excluding carboxylic acids is 2. The number of rotatable bonds is 5. The van der Waals surface area contributed by atoms with Crippen LogP contribution in [0.3, 0.4) is 0 Å². The van der Waals surface area contributed by atoms with Crippen LogP contribution in [0.5, 0.6) is 0 Å². The summed E-state index contributed by atoms with van der Waals surface area (Å²) in [5.74, 6) is -0.0980. The summed E-state index contributed by atoms with van der Waals surface area (Å²) in [4.78, 5) is 26.6. The fourth-order valence-electron chi connectivity index (χ4n) is 3.22. The molecule has 1 heterocycles. The first kappa shape index (κ1) is 18.0. The van der Waals surface area contributed by atoms with Crippen LogP contribution in [0.4, 0.5) is 10.5 Å². The molecule has 2 aromatic rings. The van der Waals surface area contributed by atoms with Crippen LogP contribution in [-0.2, 0) is 11.2 Å². The number of anilines is 1. The average Bonchev–Trinajstić information content (AvgIpc) is 2.69. The van der Waals surface area contributed by atoms with E-state index in [2.05, 4.69) is 22.8 Å². The molecule has 2 aromatic carbocycles. The molecule has 5 heteroatoms. The van der Waals surface area contributed by atoms with E-state index in [1.807, 2.05) is 48.5 Å². The molecule has 0 radical (unpaired) electrons. The van der Waals surface area contributed by atoms with Gasteiger partial charge in [-0.3, -0.25) is 4.79 Å². The van der Waals surface area contributed by atoms with Gasteiger partial charge in [-0.1, -0.05) is 48.5 Å². The van der Waals surface area contributed by atoms with Gasteiger partial charge in [0.1, 0.15) is 0 Å². The Hall–Kier alpha value is -2.82. The van der Waals surface area contributed by atoms with Crippen LogP contribution < -0.4 is 10.6 Å². The van der Waals surface area contributed by atoms with Gasteiger partial charge in [-0.15, -0.1) is 0 Å². The van der Waals surface area contributed by atoms with Crippen LogP contribution in [0.1, 0.15) is 18.4 Å². The van der Waals surface area contributed by atoms with E-state index in [0.717, 1.165) is 24.9 Å². The molecule has 2 N–H and O–H groups in total. The number of carbonyl (C=O) groups is 2. The highest BCUT2D eigenvalue weighted by molar-refractivity contribution is 5.90. The third-order valence-corrected chi connectivity index (χ3v) is 4.66. The first-order valence-corrected chi connectivity index (χ1v) is 9.15. The zero-order chi connectivity index (χ0) is 18.2. The Morgan fingerprint density at radius 2 is 1.69 bits per heavy atom. The van der Waals surface area contributed by atoms with Gasteiger partial charge in [0.15, 0.2) is 0 Å². The summed E-state index contributed by atoms with van der Waals surface area (Å²) in [6, 6.07) is 19.4. The van der Waals surface area contributed by atoms with E-state index >= 15 is 0 Å². The zero-order valence-corrected chi connectivity index (χ0v) is 14.9. The number of hydrogen-bond acceptors (Lipinski definition) is 2. The summed E-state index contributed by atoms with van der Waals surface area (Å²) in [6.07, 6.45) is 2.49. The molecule has 0 aromatic heterocycles. The molecule has 1 aliphatic rings. The number of para-hydroxylation sites is 1. The van der Waals surface area contributed by atoms with Gasteiger partial charge < -0.3 is 15.5 Å². The fourth-order valence-corrected chi connectivity index (χ4v) is 3.22. The number of hydrogen-bond donors (Lipinski definition) is 2. The minimum atomic E-state index is -0.141. The van der Waals surface area contributed by atoms with Crippen LogP contribution in [-0.4, -0.2) is 36.5 Å². The highest BCUT2D eigenvalue weighted by atomic mass is 16.2. The van der Waals surface area contributed by atoms with Crippen LogP contribution >= 0.6 is 0 Å². The van der Waals surface area contributed by atoms with Crippen molar-refractivity contribution in [3.05, 3.63) is 66.2 Å². The molecule has 3 amide bonds. The van der Waals surface area contributed by atoms with E-state index in [1.165, 1.54) is 5.56 Å². The van der Waals surface area contributed by atoms with Crippen molar-refractivity contribution in [3.63, 3.8) is 0 Å². The second-order valence-corrected chi connectivity index (χ2v) is 6.61. The van der Waals surface area contributed by atoms with Gasteiger partial charge in [0.2, 0.25) is 5.91 Å². The standard InChI is InChI=1S/C21H25N3O2/c25-20(22-14-13-17-8-3-1-4-9-17)18-10-7-15-24(16-18)21(26)23-19-11-5-2-6-12-19/h1-6,8-9,11-12,18H,7,10,13-16H2,(H,22,25)(H,23,26). The van der Waals surface area contributed by atoms with Crippen LogP contribution in [0, 0.1) is 5.92 Å². The Kier molecular flexibility index (Phi) is 6.25. The molecule has 26 heavy (non-hydrogen) atoms. The topological polar surface area (TPSA) is 61.4 Å². The summed E-state index contributed by atoms with van der Waals surface area (Å²) in [6.45, 7) is 1.78. The lowest BCUT2D eigenvalue weighted by molar-refractivity contribution is -0.126. The monoisotopic (exact) mass is 351 g/mol. The largest absolute Gasteiger partial charge is 0.355 e. The lowest BCUT2D eigenvalue weighted by Crippen LogP contribution is -2.47. The number of nitrogens with zero attached hydrogens (tertiary/aromatic N) is 1. The number of benzene rings is 2. The maximum Gasteiger partial charge on any atom is 0.321 e. The number of amides is 3. The first-order valence-electron chi connectivity index (χ1n) is 9.15. The predicted octanol–water partition coefficient (Wildman–Crippen LogP) is 3.29. The third-order valence-electron chi connectivity index (χ3n) is 4.66. The van der Waals surface area contributed by atoms with E-state index in [0.29, 0.717) is 19.6 Å². The quantitative estimate of drug-likeness (QED) is 0.868.